The SMILES string of the molecule is CCCO.CCOCCOC.COCCCNC(=O)CCC(=O)OCCOCCOCCO. The van der Waals surface area contributed by atoms with Crippen LogP contribution in [0.3, 0.4) is 0 Å². The zero-order valence-electron chi connectivity index (χ0n) is 21.0. The van der Waals surface area contributed by atoms with Gasteiger partial charge in [-0.1, -0.05) is 6.92 Å². The first-order valence-electron chi connectivity index (χ1n) is 11.4. The van der Waals surface area contributed by atoms with Crippen molar-refractivity contribution in [2.45, 2.75) is 39.5 Å². The lowest BCUT2D eigenvalue weighted by molar-refractivity contribution is -0.146. The van der Waals surface area contributed by atoms with Crippen LogP contribution in [-0.2, 0) is 38.0 Å². The number of hydrogen-bond donors (Lipinski definition) is 3. The smallest absolute Gasteiger partial charge is 0.306 e. The second-order valence-corrected chi connectivity index (χ2v) is 6.28. The van der Waals surface area contributed by atoms with Gasteiger partial charge in [-0.05, 0) is 19.8 Å². The number of aliphatic hydroxyl groups is 2. The summed E-state index contributed by atoms with van der Waals surface area (Å²) in [4.78, 5) is 22.8. The highest BCUT2D eigenvalue weighted by Crippen LogP contribution is 1.94. The van der Waals surface area contributed by atoms with Crippen LogP contribution >= 0.6 is 0 Å². The molecule has 200 valence electrons. The Morgan fingerprint density at radius 2 is 1.30 bits per heavy atom. The van der Waals surface area contributed by atoms with Gasteiger partial charge in [0.15, 0.2) is 0 Å². The van der Waals surface area contributed by atoms with E-state index < -0.39 is 5.97 Å². The highest BCUT2D eigenvalue weighted by molar-refractivity contribution is 5.81. The Kier molecular flexibility index (Phi) is 38.7. The molecule has 0 aromatic carbocycles. The number of carbonyl (C=O) groups excluding carboxylic acids is 2. The summed E-state index contributed by atoms with van der Waals surface area (Å²) < 4.78 is 29.6. The predicted molar refractivity (Wildman–Crippen MR) is 124 cm³/mol. The molecule has 0 fully saturated rings. The van der Waals surface area contributed by atoms with Crippen LogP contribution in [0.25, 0.3) is 0 Å². The lowest BCUT2D eigenvalue weighted by Crippen LogP contribution is -2.26. The number of aliphatic hydroxyl groups excluding tert-OH is 2. The maximum absolute atomic E-state index is 11.4. The Morgan fingerprint density at radius 3 is 1.85 bits per heavy atom. The summed E-state index contributed by atoms with van der Waals surface area (Å²) in [6.45, 7) is 9.00. The molecule has 11 nitrogen and oxygen atoms in total. The molecule has 0 unspecified atom stereocenters. The van der Waals surface area contributed by atoms with Gasteiger partial charge in [0, 0.05) is 47.0 Å². The van der Waals surface area contributed by atoms with E-state index in [2.05, 4.69) is 5.32 Å². The van der Waals surface area contributed by atoms with E-state index in [1.807, 2.05) is 13.8 Å². The van der Waals surface area contributed by atoms with Gasteiger partial charge in [-0.3, -0.25) is 9.59 Å². The van der Waals surface area contributed by atoms with Gasteiger partial charge < -0.3 is 44.0 Å². The molecule has 3 N–H and O–H groups in total. The van der Waals surface area contributed by atoms with Crippen molar-refractivity contribution in [2.24, 2.45) is 0 Å². The lowest BCUT2D eigenvalue weighted by atomic mass is 10.3. The van der Waals surface area contributed by atoms with Gasteiger partial charge in [0.1, 0.15) is 6.61 Å². The highest BCUT2D eigenvalue weighted by atomic mass is 16.6. The fourth-order valence-electron chi connectivity index (χ4n) is 1.71. The van der Waals surface area contributed by atoms with Crippen molar-refractivity contribution >= 4 is 11.9 Å². The fourth-order valence-corrected chi connectivity index (χ4v) is 1.71. The molecule has 0 saturated heterocycles. The molecule has 0 saturated carbocycles. The summed E-state index contributed by atoms with van der Waals surface area (Å²) in [5, 5.41) is 19.0. The van der Waals surface area contributed by atoms with E-state index in [9.17, 15) is 9.59 Å². The number of carbonyl (C=O) groups is 2. The van der Waals surface area contributed by atoms with Crippen molar-refractivity contribution in [3.8, 4) is 0 Å². The van der Waals surface area contributed by atoms with Crippen molar-refractivity contribution < 1.29 is 48.2 Å². The molecule has 0 aromatic rings. The average Bonchev–Trinajstić information content (AvgIpc) is 2.83. The second-order valence-electron chi connectivity index (χ2n) is 6.28. The van der Waals surface area contributed by atoms with Crippen LogP contribution in [0.2, 0.25) is 0 Å². The molecule has 0 bridgehead atoms. The van der Waals surface area contributed by atoms with Crippen molar-refractivity contribution in [1.29, 1.82) is 0 Å². The number of rotatable bonds is 20. The molecule has 0 aliphatic rings. The topological polar surface area (TPSA) is 142 Å². The third-order valence-corrected chi connectivity index (χ3v) is 3.36. The van der Waals surface area contributed by atoms with Crippen LogP contribution in [0.15, 0.2) is 0 Å². The molecule has 0 atom stereocenters. The lowest BCUT2D eigenvalue weighted by Gasteiger charge is -2.07. The molecule has 0 rings (SSSR count). The predicted octanol–water partition coefficient (Wildman–Crippen LogP) is 0.546. The third-order valence-electron chi connectivity index (χ3n) is 3.36. The normalized spacial score (nSPS) is 9.88. The van der Waals surface area contributed by atoms with E-state index >= 15 is 0 Å². The van der Waals surface area contributed by atoms with Crippen molar-refractivity contribution in [3.05, 3.63) is 0 Å². The van der Waals surface area contributed by atoms with E-state index in [-0.39, 0.29) is 45.2 Å². The number of hydrogen-bond acceptors (Lipinski definition) is 10. The maximum Gasteiger partial charge on any atom is 0.306 e. The van der Waals surface area contributed by atoms with Crippen LogP contribution in [0.1, 0.15) is 39.5 Å². The first-order chi connectivity index (χ1) is 16.0. The van der Waals surface area contributed by atoms with E-state index in [1.54, 1.807) is 14.2 Å². The van der Waals surface area contributed by atoms with Gasteiger partial charge in [-0.2, -0.15) is 0 Å². The molecule has 33 heavy (non-hydrogen) atoms. The van der Waals surface area contributed by atoms with Crippen molar-refractivity contribution in [1.82, 2.24) is 5.32 Å². The summed E-state index contributed by atoms with van der Waals surface area (Å²) in [5.41, 5.74) is 0. The number of methoxy groups -OCH3 is 2. The number of esters is 1. The number of amides is 1. The summed E-state index contributed by atoms with van der Waals surface area (Å²) in [6.07, 6.45) is 1.78. The first-order valence-corrected chi connectivity index (χ1v) is 11.4. The molecule has 0 aliphatic carbocycles. The maximum atomic E-state index is 11.4. The molecule has 0 aromatic heterocycles. The Morgan fingerprint density at radius 1 is 0.727 bits per heavy atom. The molecule has 0 aliphatic heterocycles. The van der Waals surface area contributed by atoms with Crippen molar-refractivity contribution in [2.75, 3.05) is 93.4 Å². The van der Waals surface area contributed by atoms with Gasteiger partial charge in [0.25, 0.3) is 0 Å². The fraction of sp³-hybridized carbons (Fsp3) is 0.909. The van der Waals surface area contributed by atoms with Crippen LogP contribution in [0, 0.1) is 0 Å². The highest BCUT2D eigenvalue weighted by Gasteiger charge is 2.07. The molecule has 0 radical (unpaired) electrons. The quantitative estimate of drug-likeness (QED) is 0.165. The Bertz CT molecular complexity index is 380. The average molecular weight is 486 g/mol. The summed E-state index contributed by atoms with van der Waals surface area (Å²) >= 11 is 0. The minimum Gasteiger partial charge on any atom is -0.463 e. The monoisotopic (exact) mass is 485 g/mol. The van der Waals surface area contributed by atoms with Crippen LogP contribution < -0.4 is 5.32 Å². The van der Waals surface area contributed by atoms with Crippen LogP contribution in [-0.4, -0.2) is 116 Å². The Labute approximate surface area is 199 Å². The Balaban J connectivity index is -0.000000673. The van der Waals surface area contributed by atoms with E-state index in [4.69, 9.17) is 38.6 Å². The zero-order chi connectivity index (χ0) is 25.4. The van der Waals surface area contributed by atoms with Gasteiger partial charge >= 0.3 is 5.97 Å². The van der Waals surface area contributed by atoms with E-state index in [0.29, 0.717) is 46.2 Å². The summed E-state index contributed by atoms with van der Waals surface area (Å²) in [6, 6.07) is 0. The summed E-state index contributed by atoms with van der Waals surface area (Å²) in [7, 11) is 3.27. The first kappa shape index (κ1) is 36.2. The third kappa shape index (κ3) is 41.4. The van der Waals surface area contributed by atoms with E-state index in [0.717, 1.165) is 19.4 Å². The molecular formula is C22H47NO10. The van der Waals surface area contributed by atoms with Gasteiger partial charge in [0.2, 0.25) is 5.91 Å². The molecule has 1 amide bonds. The number of nitrogens with one attached hydrogen (secondary N) is 1. The second kappa shape index (κ2) is 35.3. The van der Waals surface area contributed by atoms with Crippen LogP contribution in [0.5, 0.6) is 0 Å². The molecular weight excluding hydrogens is 438 g/mol. The molecule has 11 heteroatoms. The minimum absolute atomic E-state index is 0.0163. The molecule has 0 spiro atoms. The van der Waals surface area contributed by atoms with E-state index in [1.165, 1.54) is 0 Å². The largest absolute Gasteiger partial charge is 0.463 e. The molecule has 0 heterocycles. The van der Waals surface area contributed by atoms with Gasteiger partial charge in [-0.25, -0.2) is 0 Å². The van der Waals surface area contributed by atoms with Gasteiger partial charge in [0.05, 0.1) is 52.7 Å². The Hall–Kier alpha value is -1.34. The van der Waals surface area contributed by atoms with Crippen molar-refractivity contribution in [3.63, 3.8) is 0 Å². The van der Waals surface area contributed by atoms with Gasteiger partial charge in [-0.15, -0.1) is 0 Å². The number of ether oxygens (including phenoxy) is 6. The standard InChI is InChI=1S/C14H27NO7.C5H12O2.C3H8O/c1-19-7-2-5-15-13(17)3-4-14(18)22-12-11-21-10-9-20-8-6-16;1-3-7-5-4-6-2;1-2-3-4/h16H,2-12H2,1H3,(H,15,17);3-5H2,1-2H3;4H,2-3H2,1H3. The summed E-state index contributed by atoms with van der Waals surface area (Å²) in [5.74, 6) is -0.600. The zero-order valence-corrected chi connectivity index (χ0v) is 21.0. The minimum atomic E-state index is -0.424. The van der Waals surface area contributed by atoms with Crippen LogP contribution in [0.4, 0.5) is 0 Å².